The van der Waals surface area contributed by atoms with Crippen LogP contribution < -0.4 is 5.73 Å². The summed E-state index contributed by atoms with van der Waals surface area (Å²) in [4.78, 5) is 10.2. The van der Waals surface area contributed by atoms with Crippen molar-refractivity contribution in [3.05, 3.63) is 0 Å². The van der Waals surface area contributed by atoms with Crippen molar-refractivity contribution in [2.75, 3.05) is 18.1 Å². The smallest absolute Gasteiger partial charge is 0.218 e. The summed E-state index contributed by atoms with van der Waals surface area (Å²) in [6.07, 6.45) is 0.420. The molecule has 10 heavy (non-hydrogen) atoms. The highest BCUT2D eigenvalue weighted by Crippen LogP contribution is 2.20. The highest BCUT2D eigenvalue weighted by molar-refractivity contribution is 8.76. The first-order valence-electron chi connectivity index (χ1n) is 2.91. The quantitative estimate of drug-likeness (QED) is 0.455. The summed E-state index contributed by atoms with van der Waals surface area (Å²) < 4.78 is 0. The van der Waals surface area contributed by atoms with E-state index in [1.165, 1.54) is 0 Å². The second kappa shape index (κ2) is 7.24. The summed E-state index contributed by atoms with van der Waals surface area (Å²) in [5.74, 6) is 1.18. The summed E-state index contributed by atoms with van der Waals surface area (Å²) in [5.41, 5.74) is 4.90. The van der Waals surface area contributed by atoms with E-state index in [0.717, 1.165) is 5.75 Å². The van der Waals surface area contributed by atoms with Crippen molar-refractivity contribution in [1.29, 1.82) is 0 Å². The Morgan fingerprint density at radius 2 is 2.00 bits per heavy atom. The van der Waals surface area contributed by atoms with Crippen molar-refractivity contribution in [3.8, 4) is 0 Å². The Hall–Kier alpha value is 0.130. The van der Waals surface area contributed by atoms with E-state index in [9.17, 15) is 4.79 Å². The van der Waals surface area contributed by atoms with Gasteiger partial charge in [0.2, 0.25) is 5.91 Å². The van der Waals surface area contributed by atoms with Crippen molar-refractivity contribution >= 4 is 27.5 Å². The molecule has 0 bridgehead atoms. The van der Waals surface area contributed by atoms with Crippen molar-refractivity contribution in [1.82, 2.24) is 0 Å². The maximum atomic E-state index is 10.2. The fourth-order valence-electron chi connectivity index (χ4n) is 0.297. The first-order valence-corrected chi connectivity index (χ1v) is 5.39. The Balaban J connectivity index is 2.84. The van der Waals surface area contributed by atoms with Crippen LogP contribution in [0.25, 0.3) is 0 Å². The van der Waals surface area contributed by atoms with Gasteiger partial charge in [-0.15, -0.1) is 0 Å². The average molecular weight is 181 g/mol. The number of hydrogen-bond acceptors (Lipinski definition) is 4. The van der Waals surface area contributed by atoms with Crippen LogP contribution in [0.15, 0.2) is 0 Å². The lowest BCUT2D eigenvalue weighted by Gasteiger charge is -1.95. The number of amides is 1. The molecule has 3 nitrogen and oxygen atoms in total. The van der Waals surface area contributed by atoms with Crippen molar-refractivity contribution < 1.29 is 9.90 Å². The summed E-state index contributed by atoms with van der Waals surface area (Å²) in [7, 11) is 3.12. The molecule has 0 aromatic rings. The van der Waals surface area contributed by atoms with Crippen LogP contribution in [-0.2, 0) is 4.79 Å². The van der Waals surface area contributed by atoms with E-state index in [1.807, 2.05) is 0 Å². The standard InChI is InChI=1S/C5H11NO2S2/c6-5(8)1-3-9-10-4-2-7/h7H,1-4H2,(H2,6,8). The van der Waals surface area contributed by atoms with Crippen LogP contribution >= 0.6 is 21.6 Å². The number of primary amides is 1. The highest BCUT2D eigenvalue weighted by Gasteiger charge is 1.93. The largest absolute Gasteiger partial charge is 0.395 e. The fraction of sp³-hybridized carbons (Fsp3) is 0.800. The van der Waals surface area contributed by atoms with Gasteiger partial charge in [0.05, 0.1) is 6.61 Å². The van der Waals surface area contributed by atoms with E-state index in [1.54, 1.807) is 21.6 Å². The summed E-state index contributed by atoms with van der Waals surface area (Å²) in [5, 5.41) is 8.35. The molecule has 0 aromatic heterocycles. The molecule has 0 unspecified atom stereocenters. The molecule has 0 aliphatic heterocycles. The zero-order valence-corrected chi connectivity index (χ0v) is 7.21. The number of carbonyl (C=O) groups is 1. The fourth-order valence-corrected chi connectivity index (χ4v) is 2.07. The van der Waals surface area contributed by atoms with E-state index in [-0.39, 0.29) is 12.5 Å². The Labute approximate surface area is 68.1 Å². The normalized spacial score (nSPS) is 9.70. The van der Waals surface area contributed by atoms with Gasteiger partial charge in [-0.2, -0.15) is 0 Å². The lowest BCUT2D eigenvalue weighted by atomic mass is 10.5. The van der Waals surface area contributed by atoms with Crippen LogP contribution in [0, 0.1) is 0 Å². The molecule has 0 atom stereocenters. The Kier molecular flexibility index (Phi) is 7.33. The lowest BCUT2D eigenvalue weighted by Crippen LogP contribution is -2.10. The van der Waals surface area contributed by atoms with Gasteiger partial charge in [0.15, 0.2) is 0 Å². The average Bonchev–Trinajstić information content (AvgIpc) is 1.87. The van der Waals surface area contributed by atoms with Crippen LogP contribution in [0.2, 0.25) is 0 Å². The van der Waals surface area contributed by atoms with E-state index >= 15 is 0 Å². The van der Waals surface area contributed by atoms with Crippen molar-refractivity contribution in [2.45, 2.75) is 6.42 Å². The molecular formula is C5H11NO2S2. The zero-order valence-electron chi connectivity index (χ0n) is 5.58. The van der Waals surface area contributed by atoms with E-state index in [0.29, 0.717) is 12.2 Å². The predicted octanol–water partition coefficient (Wildman–Crippen LogP) is 0.235. The van der Waals surface area contributed by atoms with Gasteiger partial charge in [0.1, 0.15) is 0 Å². The molecule has 0 aromatic carbocycles. The SMILES string of the molecule is NC(=O)CCSSCCO. The third-order valence-corrected chi connectivity index (χ3v) is 3.08. The van der Waals surface area contributed by atoms with Gasteiger partial charge in [0, 0.05) is 17.9 Å². The molecule has 1 amide bonds. The minimum absolute atomic E-state index is 0.189. The second-order valence-corrected chi connectivity index (χ2v) is 4.29. The molecule has 0 saturated carbocycles. The molecule has 0 aliphatic rings. The highest BCUT2D eigenvalue weighted by atomic mass is 33.1. The van der Waals surface area contributed by atoms with Gasteiger partial charge in [-0.05, 0) is 0 Å². The number of aliphatic hydroxyl groups is 1. The van der Waals surface area contributed by atoms with Crippen LogP contribution in [-0.4, -0.2) is 29.1 Å². The van der Waals surface area contributed by atoms with Crippen molar-refractivity contribution in [2.24, 2.45) is 5.73 Å². The van der Waals surface area contributed by atoms with Gasteiger partial charge < -0.3 is 10.8 Å². The van der Waals surface area contributed by atoms with Gasteiger partial charge in [-0.1, -0.05) is 21.6 Å². The first-order chi connectivity index (χ1) is 4.77. The van der Waals surface area contributed by atoms with Crippen LogP contribution in [0.3, 0.4) is 0 Å². The first kappa shape index (κ1) is 10.1. The Morgan fingerprint density at radius 3 is 2.50 bits per heavy atom. The molecule has 0 radical (unpaired) electrons. The third-order valence-electron chi connectivity index (χ3n) is 0.690. The van der Waals surface area contributed by atoms with Gasteiger partial charge >= 0.3 is 0 Å². The summed E-state index contributed by atoms with van der Waals surface area (Å²) in [6, 6.07) is 0. The molecule has 0 spiro atoms. The topological polar surface area (TPSA) is 63.3 Å². The van der Waals surface area contributed by atoms with Gasteiger partial charge in [0.25, 0.3) is 0 Å². The number of nitrogens with two attached hydrogens (primary N) is 1. The van der Waals surface area contributed by atoms with Gasteiger partial charge in [-0.3, -0.25) is 4.79 Å². The monoisotopic (exact) mass is 181 g/mol. The van der Waals surface area contributed by atoms with Crippen LogP contribution in [0.5, 0.6) is 0 Å². The minimum Gasteiger partial charge on any atom is -0.395 e. The molecule has 60 valence electrons. The molecule has 0 heterocycles. The molecule has 0 fully saturated rings. The van der Waals surface area contributed by atoms with E-state index < -0.39 is 0 Å². The Morgan fingerprint density at radius 1 is 1.40 bits per heavy atom. The predicted molar refractivity (Wildman–Crippen MR) is 45.8 cm³/mol. The molecule has 0 rings (SSSR count). The van der Waals surface area contributed by atoms with Crippen molar-refractivity contribution in [3.63, 3.8) is 0 Å². The minimum atomic E-state index is -0.267. The van der Waals surface area contributed by atoms with Crippen LogP contribution in [0.4, 0.5) is 0 Å². The number of aliphatic hydroxyl groups excluding tert-OH is 1. The third kappa shape index (κ3) is 8.13. The number of rotatable bonds is 6. The van der Waals surface area contributed by atoms with Crippen LogP contribution in [0.1, 0.15) is 6.42 Å². The Bertz CT molecular complexity index is 99.6. The number of carbonyl (C=O) groups excluding carboxylic acids is 1. The second-order valence-electron chi connectivity index (χ2n) is 1.58. The summed E-state index contributed by atoms with van der Waals surface area (Å²) in [6.45, 7) is 0.189. The molecular weight excluding hydrogens is 170 g/mol. The number of hydrogen-bond donors (Lipinski definition) is 2. The maximum Gasteiger partial charge on any atom is 0.218 e. The van der Waals surface area contributed by atoms with E-state index in [2.05, 4.69) is 0 Å². The summed E-state index contributed by atoms with van der Waals surface area (Å²) >= 11 is 0. The zero-order chi connectivity index (χ0) is 7.82. The molecule has 5 heteroatoms. The molecule has 0 aliphatic carbocycles. The molecule has 3 N–H and O–H groups in total. The van der Waals surface area contributed by atoms with E-state index in [4.69, 9.17) is 10.8 Å². The molecule has 0 saturated heterocycles. The lowest BCUT2D eigenvalue weighted by molar-refractivity contribution is -0.117. The maximum absolute atomic E-state index is 10.2. The van der Waals surface area contributed by atoms with Gasteiger partial charge in [-0.25, -0.2) is 0 Å².